The first kappa shape index (κ1) is 10.2. The van der Waals surface area contributed by atoms with Crippen molar-refractivity contribution in [2.24, 2.45) is 0 Å². The largest absolute Gasteiger partial charge is 0.250 e. The van der Waals surface area contributed by atoms with Crippen molar-refractivity contribution in [2.45, 2.75) is 5.92 Å². The molecule has 13 heavy (non-hydrogen) atoms. The van der Waals surface area contributed by atoms with Gasteiger partial charge in [-0.25, -0.2) is 0 Å². The van der Waals surface area contributed by atoms with Gasteiger partial charge in [-0.2, -0.15) is 5.26 Å². The number of benzene rings is 1. The summed E-state index contributed by atoms with van der Waals surface area (Å²) in [7, 11) is 0. The Labute approximate surface area is 85.3 Å². The molecule has 1 atom stereocenters. The molecule has 0 fully saturated rings. The average Bonchev–Trinajstić information content (AvgIpc) is 2.17. The third-order valence-corrected chi connectivity index (χ3v) is 2.47. The summed E-state index contributed by atoms with van der Waals surface area (Å²) in [5.74, 6) is -0.414. The summed E-state index contributed by atoms with van der Waals surface area (Å²) >= 11 is 3.28. The van der Waals surface area contributed by atoms with Crippen molar-refractivity contribution in [1.29, 1.82) is 5.26 Å². The Bertz CT molecular complexity index is 343. The van der Waals surface area contributed by atoms with Crippen molar-refractivity contribution < 1.29 is 4.39 Å². The molecule has 1 nitrogen and oxygen atoms in total. The maximum Gasteiger partial charge on any atom is 0.0991 e. The summed E-state index contributed by atoms with van der Waals surface area (Å²) in [4.78, 5) is 0. The molecule has 0 saturated carbocycles. The van der Waals surface area contributed by atoms with Crippen molar-refractivity contribution in [2.75, 3.05) is 6.67 Å². The number of halogens is 2. The number of nitriles is 1. The fourth-order valence-electron chi connectivity index (χ4n) is 1.01. The number of rotatable bonds is 2. The monoisotopic (exact) mass is 240 g/mol. The first-order valence-electron chi connectivity index (χ1n) is 3.77. The lowest BCUT2D eigenvalue weighted by molar-refractivity contribution is 0.465. The molecule has 0 aliphatic rings. The van der Waals surface area contributed by atoms with Gasteiger partial charge in [0.1, 0.15) is 0 Å². The molecule has 0 heterocycles. The highest BCUT2D eigenvalue weighted by atomic mass is 79.9. The van der Waals surface area contributed by atoms with Crippen molar-refractivity contribution >= 4 is 15.9 Å². The Morgan fingerprint density at radius 1 is 1.62 bits per heavy atom. The van der Waals surface area contributed by atoms with Crippen LogP contribution in [0.4, 0.5) is 4.39 Å². The summed E-state index contributed by atoms with van der Waals surface area (Å²) in [5, 5.41) is 8.63. The summed E-state index contributed by atoms with van der Waals surface area (Å²) in [6, 6.07) is 7.07. The molecule has 1 aromatic carbocycles. The van der Waals surface area contributed by atoms with Crippen molar-refractivity contribution in [3.05, 3.63) is 40.7 Å². The fraction of sp³-hybridized carbons (Fsp3) is 0.200. The molecule has 0 bridgehead atoms. The second kappa shape index (κ2) is 4.38. The predicted octanol–water partition coefficient (Wildman–Crippen LogP) is 3.21. The second-order valence-electron chi connectivity index (χ2n) is 2.70. The van der Waals surface area contributed by atoms with E-state index in [0.29, 0.717) is 5.56 Å². The molecule has 0 saturated heterocycles. The van der Waals surface area contributed by atoms with Gasteiger partial charge in [-0.15, -0.1) is 0 Å². The highest BCUT2D eigenvalue weighted by Crippen LogP contribution is 2.25. The van der Waals surface area contributed by atoms with Crippen LogP contribution in [0, 0.1) is 18.3 Å². The summed E-state index contributed by atoms with van der Waals surface area (Å²) < 4.78 is 13.1. The molecule has 3 heteroatoms. The zero-order valence-electron chi connectivity index (χ0n) is 6.93. The van der Waals surface area contributed by atoms with E-state index in [1.54, 1.807) is 18.2 Å². The van der Waals surface area contributed by atoms with E-state index in [1.807, 2.05) is 6.07 Å². The van der Waals surface area contributed by atoms with Gasteiger partial charge in [-0.05, 0) is 30.7 Å². The van der Waals surface area contributed by atoms with Crippen LogP contribution in [0.2, 0.25) is 0 Å². The number of nitrogens with zero attached hydrogens (tertiary/aromatic N) is 1. The van der Waals surface area contributed by atoms with Crippen LogP contribution in [-0.4, -0.2) is 6.67 Å². The van der Waals surface area contributed by atoms with Gasteiger partial charge >= 0.3 is 0 Å². The van der Waals surface area contributed by atoms with E-state index >= 15 is 0 Å². The summed E-state index contributed by atoms with van der Waals surface area (Å²) in [6.45, 7) is 3.13. The van der Waals surface area contributed by atoms with Crippen molar-refractivity contribution in [3.8, 4) is 6.07 Å². The van der Waals surface area contributed by atoms with Gasteiger partial charge in [0.15, 0.2) is 0 Å². The van der Waals surface area contributed by atoms with Crippen molar-refractivity contribution in [1.82, 2.24) is 0 Å². The summed E-state index contributed by atoms with van der Waals surface area (Å²) in [6.07, 6.45) is 0. The van der Waals surface area contributed by atoms with Gasteiger partial charge in [-0.1, -0.05) is 15.9 Å². The van der Waals surface area contributed by atoms with Crippen LogP contribution in [-0.2, 0) is 0 Å². The molecule has 0 amide bonds. The zero-order chi connectivity index (χ0) is 9.84. The Morgan fingerprint density at radius 3 is 2.85 bits per heavy atom. The first-order valence-corrected chi connectivity index (χ1v) is 4.57. The molecular weight excluding hydrogens is 233 g/mol. The quantitative estimate of drug-likeness (QED) is 0.779. The van der Waals surface area contributed by atoms with Gasteiger partial charge in [0, 0.05) is 10.4 Å². The molecule has 1 rings (SSSR count). The van der Waals surface area contributed by atoms with E-state index in [0.717, 1.165) is 10.0 Å². The van der Waals surface area contributed by atoms with Gasteiger partial charge < -0.3 is 0 Å². The Hall–Kier alpha value is -0.880. The minimum absolute atomic E-state index is 0.414. The third kappa shape index (κ3) is 2.28. The van der Waals surface area contributed by atoms with Gasteiger partial charge in [0.25, 0.3) is 0 Å². The average molecular weight is 241 g/mol. The van der Waals surface area contributed by atoms with E-state index in [9.17, 15) is 4.39 Å². The van der Waals surface area contributed by atoms with Crippen LogP contribution in [0.1, 0.15) is 17.0 Å². The van der Waals surface area contributed by atoms with Crippen LogP contribution < -0.4 is 0 Å². The number of hydrogen-bond donors (Lipinski definition) is 0. The Kier molecular flexibility index (Phi) is 3.44. The first-order chi connectivity index (χ1) is 6.19. The molecule has 0 N–H and O–H groups in total. The highest BCUT2D eigenvalue weighted by Gasteiger charge is 2.09. The molecule has 1 aromatic rings. The van der Waals surface area contributed by atoms with Crippen LogP contribution in [0.25, 0.3) is 0 Å². The fourth-order valence-corrected chi connectivity index (χ4v) is 1.58. The lowest BCUT2D eigenvalue weighted by Gasteiger charge is -2.09. The predicted molar refractivity (Wildman–Crippen MR) is 52.9 cm³/mol. The van der Waals surface area contributed by atoms with E-state index in [-0.39, 0.29) is 0 Å². The molecule has 67 valence electrons. The molecule has 1 radical (unpaired) electrons. The smallest absolute Gasteiger partial charge is 0.0991 e. The molecule has 0 aliphatic heterocycles. The lowest BCUT2D eigenvalue weighted by Crippen LogP contribution is -1.97. The number of alkyl halides is 1. The topological polar surface area (TPSA) is 23.8 Å². The van der Waals surface area contributed by atoms with E-state index in [2.05, 4.69) is 22.9 Å². The van der Waals surface area contributed by atoms with E-state index < -0.39 is 12.6 Å². The number of hydrogen-bond acceptors (Lipinski definition) is 1. The third-order valence-electron chi connectivity index (χ3n) is 1.75. The molecule has 0 aliphatic carbocycles. The SMILES string of the molecule is [CH2]C(CF)c1cc(C#N)ccc1Br. The minimum atomic E-state index is -0.520. The zero-order valence-corrected chi connectivity index (χ0v) is 8.51. The maximum atomic E-state index is 12.3. The minimum Gasteiger partial charge on any atom is -0.250 e. The van der Waals surface area contributed by atoms with Crippen molar-refractivity contribution in [3.63, 3.8) is 0 Å². The summed E-state index contributed by atoms with van der Waals surface area (Å²) in [5.41, 5.74) is 1.27. The Morgan fingerprint density at radius 2 is 2.31 bits per heavy atom. The molecule has 0 spiro atoms. The standard InChI is InChI=1S/C10H8BrFN/c1-7(5-12)9-4-8(6-13)2-3-10(9)11/h2-4,7H,1,5H2. The highest BCUT2D eigenvalue weighted by molar-refractivity contribution is 9.10. The second-order valence-corrected chi connectivity index (χ2v) is 3.55. The van der Waals surface area contributed by atoms with E-state index in [4.69, 9.17) is 5.26 Å². The molecular formula is C10H8BrFN. The lowest BCUT2D eigenvalue weighted by atomic mass is 10.0. The van der Waals surface area contributed by atoms with Crippen LogP contribution in [0.3, 0.4) is 0 Å². The van der Waals surface area contributed by atoms with E-state index in [1.165, 1.54) is 0 Å². The van der Waals surface area contributed by atoms with Gasteiger partial charge in [0.2, 0.25) is 0 Å². The van der Waals surface area contributed by atoms with Crippen LogP contribution >= 0.6 is 15.9 Å². The van der Waals surface area contributed by atoms with Gasteiger partial charge in [-0.3, -0.25) is 4.39 Å². The normalized spacial score (nSPS) is 12.2. The molecule has 1 unspecified atom stereocenters. The van der Waals surface area contributed by atoms with Crippen LogP contribution in [0.5, 0.6) is 0 Å². The van der Waals surface area contributed by atoms with Gasteiger partial charge in [0.05, 0.1) is 18.3 Å². The Balaban J connectivity index is 3.12. The molecule has 0 aromatic heterocycles. The maximum absolute atomic E-state index is 12.3. The van der Waals surface area contributed by atoms with Crippen LogP contribution in [0.15, 0.2) is 22.7 Å².